The van der Waals surface area contributed by atoms with Crippen molar-refractivity contribution in [1.82, 2.24) is 0 Å². The highest BCUT2D eigenvalue weighted by atomic mass is 16.5. The Morgan fingerprint density at radius 1 is 1.07 bits per heavy atom. The molecule has 2 unspecified atom stereocenters. The van der Waals surface area contributed by atoms with E-state index in [1.165, 1.54) is 5.56 Å². The summed E-state index contributed by atoms with van der Waals surface area (Å²) in [6.45, 7) is 4.11. The Morgan fingerprint density at radius 2 is 1.57 bits per heavy atom. The lowest BCUT2D eigenvalue weighted by Crippen LogP contribution is -2.44. The van der Waals surface area contributed by atoms with Gasteiger partial charge in [0, 0.05) is 5.92 Å². The normalized spacial score (nSPS) is 16.4. The molecule has 78 valence electrons. The molecule has 0 aromatic heterocycles. The van der Waals surface area contributed by atoms with Crippen LogP contribution < -0.4 is 0 Å². The molecule has 1 aromatic carbocycles. The average Bonchev–Trinajstić information content (AvgIpc) is 2.15. The first kappa shape index (κ1) is 11.2. The van der Waals surface area contributed by atoms with Crippen LogP contribution in [0.3, 0.4) is 0 Å². The number of hydrogen-bond donors (Lipinski definition) is 0. The van der Waals surface area contributed by atoms with Crippen molar-refractivity contribution in [2.24, 2.45) is 0 Å². The number of benzene rings is 1. The van der Waals surface area contributed by atoms with Gasteiger partial charge in [0.1, 0.15) is 0 Å². The Balaban J connectivity index is 2.81. The molecule has 0 aliphatic rings. The molecule has 2 heteroatoms. The van der Waals surface area contributed by atoms with Gasteiger partial charge >= 0.3 is 0 Å². The van der Waals surface area contributed by atoms with Gasteiger partial charge in [-0.3, -0.25) is 0 Å². The SMILES string of the molecule is CC(c1ccccc1)C(C)[N+](C)(C)[O-]. The van der Waals surface area contributed by atoms with E-state index < -0.39 is 0 Å². The van der Waals surface area contributed by atoms with Gasteiger partial charge < -0.3 is 9.85 Å². The van der Waals surface area contributed by atoms with Crippen LogP contribution in [0.4, 0.5) is 0 Å². The second kappa shape index (κ2) is 4.11. The van der Waals surface area contributed by atoms with Gasteiger partial charge in [-0.05, 0) is 12.5 Å². The van der Waals surface area contributed by atoms with Crippen LogP contribution >= 0.6 is 0 Å². The van der Waals surface area contributed by atoms with Gasteiger partial charge in [-0.15, -0.1) is 0 Å². The minimum absolute atomic E-state index is 0.0809. The van der Waals surface area contributed by atoms with Gasteiger partial charge in [-0.1, -0.05) is 37.3 Å². The molecule has 0 bridgehead atoms. The summed E-state index contributed by atoms with van der Waals surface area (Å²) < 4.78 is -0.240. The van der Waals surface area contributed by atoms with Crippen LogP contribution in [0.5, 0.6) is 0 Å². The fourth-order valence-corrected chi connectivity index (χ4v) is 1.57. The van der Waals surface area contributed by atoms with Crippen molar-refractivity contribution in [1.29, 1.82) is 0 Å². The predicted molar refractivity (Wildman–Crippen MR) is 59.8 cm³/mol. The highest BCUT2D eigenvalue weighted by Crippen LogP contribution is 2.24. The van der Waals surface area contributed by atoms with E-state index in [9.17, 15) is 5.21 Å². The standard InChI is InChI=1S/C12H19NO/c1-10(11(2)13(3,4)14)12-8-6-5-7-9-12/h5-11H,1-4H3. The summed E-state index contributed by atoms with van der Waals surface area (Å²) in [5.74, 6) is 0.295. The third kappa shape index (κ3) is 2.56. The summed E-state index contributed by atoms with van der Waals surface area (Å²) in [6.07, 6.45) is 0. The van der Waals surface area contributed by atoms with Gasteiger partial charge in [-0.2, -0.15) is 0 Å². The number of quaternary nitrogens is 1. The fourth-order valence-electron chi connectivity index (χ4n) is 1.57. The van der Waals surface area contributed by atoms with Crippen molar-refractivity contribution in [2.75, 3.05) is 14.1 Å². The third-order valence-corrected chi connectivity index (χ3v) is 3.03. The largest absolute Gasteiger partial charge is 0.633 e. The maximum Gasteiger partial charge on any atom is 0.0921 e. The van der Waals surface area contributed by atoms with Crippen LogP contribution in [0.15, 0.2) is 30.3 Å². The fraction of sp³-hybridized carbons (Fsp3) is 0.500. The van der Waals surface area contributed by atoms with E-state index in [1.807, 2.05) is 25.1 Å². The first-order valence-corrected chi connectivity index (χ1v) is 5.02. The van der Waals surface area contributed by atoms with E-state index in [2.05, 4.69) is 19.1 Å². The van der Waals surface area contributed by atoms with E-state index in [0.29, 0.717) is 5.92 Å². The van der Waals surface area contributed by atoms with Crippen LogP contribution in [0.2, 0.25) is 0 Å². The van der Waals surface area contributed by atoms with Crippen LogP contribution in [-0.4, -0.2) is 24.8 Å². The summed E-state index contributed by atoms with van der Waals surface area (Å²) in [7, 11) is 3.40. The van der Waals surface area contributed by atoms with Crippen molar-refractivity contribution in [3.05, 3.63) is 41.1 Å². The van der Waals surface area contributed by atoms with Crippen LogP contribution in [-0.2, 0) is 0 Å². The number of rotatable bonds is 3. The molecule has 0 N–H and O–H groups in total. The molecule has 0 fully saturated rings. The van der Waals surface area contributed by atoms with Crippen LogP contribution in [0.1, 0.15) is 25.3 Å². The molecular weight excluding hydrogens is 174 g/mol. The van der Waals surface area contributed by atoms with E-state index in [-0.39, 0.29) is 10.7 Å². The van der Waals surface area contributed by atoms with E-state index in [4.69, 9.17) is 0 Å². The molecule has 0 saturated heterocycles. The minimum Gasteiger partial charge on any atom is -0.633 e. The zero-order chi connectivity index (χ0) is 10.8. The second-order valence-electron chi connectivity index (χ2n) is 4.37. The first-order chi connectivity index (χ1) is 6.43. The summed E-state index contributed by atoms with van der Waals surface area (Å²) >= 11 is 0. The molecule has 0 spiro atoms. The summed E-state index contributed by atoms with van der Waals surface area (Å²) in [5, 5.41) is 11.8. The average molecular weight is 193 g/mol. The number of hydroxylamine groups is 3. The Labute approximate surface area is 86.3 Å². The zero-order valence-corrected chi connectivity index (χ0v) is 9.40. The summed E-state index contributed by atoms with van der Waals surface area (Å²) in [6, 6.07) is 10.3. The lowest BCUT2D eigenvalue weighted by atomic mass is 9.94. The first-order valence-electron chi connectivity index (χ1n) is 5.02. The molecule has 0 amide bonds. The number of nitrogens with zero attached hydrogens (tertiary/aromatic N) is 1. The molecule has 1 aromatic rings. The van der Waals surface area contributed by atoms with Gasteiger partial charge in [-0.25, -0.2) is 0 Å². The van der Waals surface area contributed by atoms with E-state index in [1.54, 1.807) is 14.1 Å². The number of hydrogen-bond acceptors (Lipinski definition) is 1. The van der Waals surface area contributed by atoms with Crippen molar-refractivity contribution in [3.8, 4) is 0 Å². The van der Waals surface area contributed by atoms with Crippen molar-refractivity contribution in [3.63, 3.8) is 0 Å². The van der Waals surface area contributed by atoms with Gasteiger partial charge in [0.25, 0.3) is 0 Å². The predicted octanol–water partition coefficient (Wildman–Crippen LogP) is 2.75. The quantitative estimate of drug-likeness (QED) is 0.534. The molecule has 0 aliphatic carbocycles. The van der Waals surface area contributed by atoms with Gasteiger partial charge in [0.15, 0.2) is 0 Å². The van der Waals surface area contributed by atoms with E-state index >= 15 is 0 Å². The topological polar surface area (TPSA) is 23.1 Å². The maximum absolute atomic E-state index is 11.8. The molecule has 0 heterocycles. The van der Waals surface area contributed by atoms with E-state index in [0.717, 1.165) is 0 Å². The van der Waals surface area contributed by atoms with Crippen LogP contribution in [0, 0.1) is 5.21 Å². The molecule has 1 rings (SSSR count). The van der Waals surface area contributed by atoms with Crippen LogP contribution in [0.25, 0.3) is 0 Å². The van der Waals surface area contributed by atoms with Crippen molar-refractivity contribution in [2.45, 2.75) is 25.8 Å². The monoisotopic (exact) mass is 193 g/mol. The molecule has 2 nitrogen and oxygen atoms in total. The highest BCUT2D eigenvalue weighted by Gasteiger charge is 2.22. The Morgan fingerprint density at radius 3 is 2.00 bits per heavy atom. The third-order valence-electron chi connectivity index (χ3n) is 3.03. The molecule has 0 aliphatic heterocycles. The highest BCUT2D eigenvalue weighted by molar-refractivity contribution is 5.19. The Bertz CT molecular complexity index is 276. The van der Waals surface area contributed by atoms with Gasteiger partial charge in [0.2, 0.25) is 0 Å². The Kier molecular flexibility index (Phi) is 3.29. The lowest BCUT2D eigenvalue weighted by molar-refractivity contribution is -0.866. The minimum atomic E-state index is -0.240. The summed E-state index contributed by atoms with van der Waals surface area (Å²) in [5.41, 5.74) is 1.24. The molecule has 14 heavy (non-hydrogen) atoms. The molecule has 2 atom stereocenters. The molecular formula is C12H19NO. The molecule has 0 saturated carbocycles. The van der Waals surface area contributed by atoms with Crippen molar-refractivity contribution < 1.29 is 4.65 Å². The van der Waals surface area contributed by atoms with Crippen molar-refractivity contribution >= 4 is 0 Å². The second-order valence-corrected chi connectivity index (χ2v) is 4.37. The Hall–Kier alpha value is -0.860. The summed E-state index contributed by atoms with van der Waals surface area (Å²) in [4.78, 5) is 0. The smallest absolute Gasteiger partial charge is 0.0921 e. The maximum atomic E-state index is 11.8. The lowest BCUT2D eigenvalue weighted by Gasteiger charge is -2.43. The molecule has 0 radical (unpaired) electrons. The zero-order valence-electron chi connectivity index (χ0n) is 9.40. The van der Waals surface area contributed by atoms with Gasteiger partial charge in [0.05, 0.1) is 20.1 Å². The number of likely N-dealkylation sites (N-methyl/N-ethyl adjacent to an activating group) is 1.